The van der Waals surface area contributed by atoms with E-state index in [1.807, 2.05) is 18.4 Å². The van der Waals surface area contributed by atoms with Gasteiger partial charge in [0.1, 0.15) is 0 Å². The van der Waals surface area contributed by atoms with E-state index in [2.05, 4.69) is 38.0 Å². The van der Waals surface area contributed by atoms with Crippen molar-refractivity contribution in [3.8, 4) is 0 Å². The molecule has 0 aliphatic rings. The highest BCUT2D eigenvalue weighted by molar-refractivity contribution is 7.15. The van der Waals surface area contributed by atoms with Crippen molar-refractivity contribution in [3.63, 3.8) is 0 Å². The number of thiazole rings is 1. The minimum Gasteiger partial charge on any atom is -0.348 e. The highest BCUT2D eigenvalue weighted by Crippen LogP contribution is 2.27. The predicted molar refractivity (Wildman–Crippen MR) is 77.0 cm³/mol. The summed E-state index contributed by atoms with van der Waals surface area (Å²) in [5, 5.41) is 4.38. The number of hydrogen-bond acceptors (Lipinski definition) is 4. The maximum Gasteiger partial charge on any atom is 0.185 e. The molecule has 1 aromatic rings. The first-order valence-corrected chi connectivity index (χ1v) is 7.31. The summed E-state index contributed by atoms with van der Waals surface area (Å²) in [6.45, 7) is 7.61. The molecule has 17 heavy (non-hydrogen) atoms. The summed E-state index contributed by atoms with van der Waals surface area (Å²) in [6, 6.07) is 0.568. The van der Waals surface area contributed by atoms with Gasteiger partial charge in [-0.05, 0) is 26.8 Å². The third-order valence-electron chi connectivity index (χ3n) is 3.11. The molecule has 0 aliphatic carbocycles. The average Bonchev–Trinajstić information content (AvgIpc) is 2.72. The van der Waals surface area contributed by atoms with E-state index in [1.54, 1.807) is 0 Å². The first-order chi connectivity index (χ1) is 8.13. The van der Waals surface area contributed by atoms with Crippen LogP contribution < -0.4 is 10.2 Å². The summed E-state index contributed by atoms with van der Waals surface area (Å²) in [5.41, 5.74) is 1.25. The van der Waals surface area contributed by atoms with E-state index >= 15 is 0 Å². The van der Waals surface area contributed by atoms with Crippen molar-refractivity contribution in [3.05, 3.63) is 10.6 Å². The van der Waals surface area contributed by atoms with Gasteiger partial charge in [-0.1, -0.05) is 20.3 Å². The summed E-state index contributed by atoms with van der Waals surface area (Å²) in [6.07, 6.45) is 3.46. The number of hydrogen-bond donors (Lipinski definition) is 1. The molecule has 0 amide bonds. The van der Waals surface area contributed by atoms with Crippen LogP contribution in [0, 0.1) is 0 Å². The first-order valence-electron chi connectivity index (χ1n) is 6.49. The van der Waals surface area contributed by atoms with Gasteiger partial charge in [-0.25, -0.2) is 4.98 Å². The summed E-state index contributed by atoms with van der Waals surface area (Å²) in [4.78, 5) is 8.44. The molecule has 1 aromatic heterocycles. The Labute approximate surface area is 109 Å². The minimum absolute atomic E-state index is 0.568. The number of nitrogens with one attached hydrogen (secondary N) is 1. The Morgan fingerprint density at radius 1 is 1.41 bits per heavy atom. The third kappa shape index (κ3) is 3.68. The van der Waals surface area contributed by atoms with Crippen LogP contribution in [0.4, 0.5) is 5.13 Å². The van der Waals surface area contributed by atoms with Crippen LogP contribution in [0.3, 0.4) is 0 Å². The lowest BCUT2D eigenvalue weighted by molar-refractivity contribution is 0.614. The zero-order chi connectivity index (χ0) is 12.8. The third-order valence-corrected chi connectivity index (χ3v) is 4.30. The van der Waals surface area contributed by atoms with Crippen molar-refractivity contribution >= 4 is 16.5 Å². The summed E-state index contributed by atoms with van der Waals surface area (Å²) in [5.74, 6) is 0. The van der Waals surface area contributed by atoms with Crippen LogP contribution in [0.15, 0.2) is 0 Å². The van der Waals surface area contributed by atoms with Gasteiger partial charge in [0.25, 0.3) is 0 Å². The highest BCUT2D eigenvalue weighted by Gasteiger charge is 2.15. The van der Waals surface area contributed by atoms with Crippen molar-refractivity contribution < 1.29 is 0 Å². The predicted octanol–water partition coefficient (Wildman–Crippen LogP) is 3.05. The van der Waals surface area contributed by atoms with E-state index in [0.29, 0.717) is 6.04 Å². The molecule has 0 spiro atoms. The number of anilines is 1. The molecule has 0 aliphatic heterocycles. The molecule has 0 radical (unpaired) electrons. The van der Waals surface area contributed by atoms with Crippen LogP contribution in [0.2, 0.25) is 0 Å². The largest absolute Gasteiger partial charge is 0.348 e. The molecule has 1 heterocycles. The number of nitrogens with zero attached hydrogens (tertiary/aromatic N) is 2. The van der Waals surface area contributed by atoms with E-state index in [1.165, 1.54) is 23.4 Å². The van der Waals surface area contributed by atoms with Gasteiger partial charge in [0, 0.05) is 24.5 Å². The molecule has 1 unspecified atom stereocenters. The molecule has 0 saturated heterocycles. The molecule has 1 atom stereocenters. The molecule has 1 rings (SSSR count). The van der Waals surface area contributed by atoms with Crippen LogP contribution in [0.5, 0.6) is 0 Å². The van der Waals surface area contributed by atoms with Crippen molar-refractivity contribution in [1.29, 1.82) is 0 Å². The number of rotatable bonds is 7. The Bertz CT molecular complexity index is 335. The maximum absolute atomic E-state index is 4.75. The topological polar surface area (TPSA) is 28.2 Å². The second kappa shape index (κ2) is 6.97. The Morgan fingerprint density at radius 3 is 2.65 bits per heavy atom. The molecule has 0 bridgehead atoms. The lowest BCUT2D eigenvalue weighted by Crippen LogP contribution is -2.28. The van der Waals surface area contributed by atoms with Gasteiger partial charge in [0.15, 0.2) is 5.13 Å². The van der Waals surface area contributed by atoms with E-state index < -0.39 is 0 Å². The Hall–Kier alpha value is -0.610. The molecular weight excluding hydrogens is 230 g/mol. The molecule has 0 aromatic carbocycles. The van der Waals surface area contributed by atoms with Crippen molar-refractivity contribution in [2.45, 2.75) is 52.6 Å². The fourth-order valence-electron chi connectivity index (χ4n) is 1.90. The van der Waals surface area contributed by atoms with Crippen LogP contribution >= 0.6 is 11.3 Å². The fraction of sp³-hybridized carbons (Fsp3) is 0.769. The van der Waals surface area contributed by atoms with Gasteiger partial charge >= 0.3 is 0 Å². The molecule has 1 N–H and O–H groups in total. The Kier molecular flexibility index (Phi) is 5.92. The quantitative estimate of drug-likeness (QED) is 0.811. The lowest BCUT2D eigenvalue weighted by atomic mass is 10.2. The van der Waals surface area contributed by atoms with E-state index in [-0.39, 0.29) is 0 Å². The first kappa shape index (κ1) is 14.5. The van der Waals surface area contributed by atoms with Crippen LogP contribution in [0.25, 0.3) is 0 Å². The van der Waals surface area contributed by atoms with Gasteiger partial charge in [-0.15, -0.1) is 11.3 Å². The molecule has 3 nitrogen and oxygen atoms in total. The normalized spacial score (nSPS) is 12.8. The highest BCUT2D eigenvalue weighted by atomic mass is 32.1. The zero-order valence-electron chi connectivity index (χ0n) is 11.7. The van der Waals surface area contributed by atoms with E-state index in [9.17, 15) is 0 Å². The monoisotopic (exact) mass is 255 g/mol. The molecule has 0 saturated carbocycles. The Balaban J connectivity index is 2.83. The number of aryl methyl sites for hydroxylation is 1. The molecule has 98 valence electrons. The van der Waals surface area contributed by atoms with Gasteiger partial charge < -0.3 is 10.2 Å². The summed E-state index contributed by atoms with van der Waals surface area (Å²) in [7, 11) is 4.14. The van der Waals surface area contributed by atoms with E-state index in [0.717, 1.165) is 18.1 Å². The van der Waals surface area contributed by atoms with Crippen LogP contribution in [-0.4, -0.2) is 25.1 Å². The SMILES string of the molecule is CCCC(C)N(C)c1nc(CC)c(CNC)s1. The zero-order valence-corrected chi connectivity index (χ0v) is 12.5. The smallest absolute Gasteiger partial charge is 0.185 e. The molecule has 0 fully saturated rings. The maximum atomic E-state index is 4.75. The van der Waals surface area contributed by atoms with Gasteiger partial charge in [-0.3, -0.25) is 0 Å². The molecule has 4 heteroatoms. The second-order valence-electron chi connectivity index (χ2n) is 4.50. The van der Waals surface area contributed by atoms with Crippen molar-refractivity contribution in [2.24, 2.45) is 0 Å². The molecular formula is C13H25N3S. The average molecular weight is 255 g/mol. The fourth-order valence-corrected chi connectivity index (χ4v) is 3.12. The second-order valence-corrected chi connectivity index (χ2v) is 5.56. The van der Waals surface area contributed by atoms with Crippen molar-refractivity contribution in [2.75, 3.05) is 19.0 Å². The van der Waals surface area contributed by atoms with Crippen LogP contribution in [-0.2, 0) is 13.0 Å². The summed E-state index contributed by atoms with van der Waals surface area (Å²) < 4.78 is 0. The van der Waals surface area contributed by atoms with E-state index in [4.69, 9.17) is 4.98 Å². The summed E-state index contributed by atoms with van der Waals surface area (Å²) >= 11 is 1.82. The minimum atomic E-state index is 0.568. The van der Waals surface area contributed by atoms with Crippen molar-refractivity contribution in [1.82, 2.24) is 10.3 Å². The van der Waals surface area contributed by atoms with Gasteiger partial charge in [0.2, 0.25) is 0 Å². The lowest BCUT2D eigenvalue weighted by Gasteiger charge is -2.23. The Morgan fingerprint density at radius 2 is 2.12 bits per heavy atom. The van der Waals surface area contributed by atoms with Gasteiger partial charge in [0.05, 0.1) is 5.69 Å². The van der Waals surface area contributed by atoms with Gasteiger partial charge in [-0.2, -0.15) is 0 Å². The number of aromatic nitrogens is 1. The standard InChI is InChI=1S/C13H25N3S/c1-6-8-10(3)16(5)13-15-11(7-2)12(17-13)9-14-4/h10,14H,6-9H2,1-5H3. The van der Waals surface area contributed by atoms with Crippen LogP contribution in [0.1, 0.15) is 44.2 Å².